The number of rotatable bonds is 8. The van der Waals surface area contributed by atoms with Crippen LogP contribution in [0.1, 0.15) is 67.9 Å². The number of amides is 3. The van der Waals surface area contributed by atoms with Gasteiger partial charge in [-0.1, -0.05) is 31.2 Å². The molecule has 1 N–H and O–H groups in total. The molecule has 8 nitrogen and oxygen atoms in total. The van der Waals surface area contributed by atoms with Gasteiger partial charge in [0, 0.05) is 0 Å². The summed E-state index contributed by atoms with van der Waals surface area (Å²) in [4.78, 5) is 51.1. The summed E-state index contributed by atoms with van der Waals surface area (Å²) in [5.74, 6) is -1.72. The quantitative estimate of drug-likeness (QED) is 0.406. The van der Waals surface area contributed by atoms with Crippen LogP contribution in [0.2, 0.25) is 0 Å². The Labute approximate surface area is 196 Å². The lowest BCUT2D eigenvalue weighted by Gasteiger charge is -2.15. The van der Waals surface area contributed by atoms with Crippen molar-refractivity contribution < 1.29 is 28.3 Å². The smallest absolute Gasteiger partial charge is 0.338 e. The van der Waals surface area contributed by atoms with Crippen LogP contribution in [-0.4, -0.2) is 35.2 Å². The maximum absolute atomic E-state index is 12.7. The molecule has 1 aliphatic heterocycles. The van der Waals surface area contributed by atoms with Gasteiger partial charge < -0.3 is 14.5 Å². The summed E-state index contributed by atoms with van der Waals surface area (Å²) in [6.07, 6.45) is 2.39. The number of aryl methyl sites for hydroxylation is 1. The molecular weight excluding hydrogens is 436 g/mol. The van der Waals surface area contributed by atoms with E-state index in [1.54, 1.807) is 12.1 Å². The number of ether oxygens (including phenoxy) is 1. The molecule has 0 fully saturated rings. The van der Waals surface area contributed by atoms with Crippen molar-refractivity contribution in [1.29, 1.82) is 0 Å². The molecule has 1 aliphatic rings. The van der Waals surface area contributed by atoms with E-state index < -0.39 is 30.3 Å². The first kappa shape index (κ1) is 23.0. The summed E-state index contributed by atoms with van der Waals surface area (Å²) in [5.41, 5.74) is 2.54. The van der Waals surface area contributed by atoms with Crippen molar-refractivity contribution in [3.63, 3.8) is 0 Å². The fourth-order valence-electron chi connectivity index (χ4n) is 3.74. The van der Waals surface area contributed by atoms with Crippen LogP contribution in [0.25, 0.3) is 0 Å². The average Bonchev–Trinajstić information content (AvgIpc) is 3.45. The molecule has 2 aromatic carbocycles. The third kappa shape index (κ3) is 4.76. The summed E-state index contributed by atoms with van der Waals surface area (Å²) in [6.45, 7) is 3.45. The predicted molar refractivity (Wildman–Crippen MR) is 122 cm³/mol. The molecule has 34 heavy (non-hydrogen) atoms. The zero-order chi connectivity index (χ0) is 24.2. The molecule has 0 radical (unpaired) electrons. The maximum atomic E-state index is 12.7. The molecule has 2 heterocycles. The van der Waals surface area contributed by atoms with Gasteiger partial charge in [-0.15, -0.1) is 0 Å². The molecule has 0 saturated heterocycles. The molecule has 0 spiro atoms. The molecule has 174 valence electrons. The number of hydrogen-bond donors (Lipinski definition) is 1. The lowest BCUT2D eigenvalue weighted by molar-refractivity contribution is -0.124. The van der Waals surface area contributed by atoms with Crippen LogP contribution in [-0.2, 0) is 22.5 Å². The van der Waals surface area contributed by atoms with Crippen LogP contribution < -0.4 is 5.32 Å². The van der Waals surface area contributed by atoms with Crippen molar-refractivity contribution in [2.75, 3.05) is 6.61 Å². The highest BCUT2D eigenvalue weighted by molar-refractivity contribution is 6.21. The first-order valence-electron chi connectivity index (χ1n) is 10.9. The Morgan fingerprint density at radius 2 is 1.76 bits per heavy atom. The largest absolute Gasteiger partial charge is 0.467 e. The van der Waals surface area contributed by atoms with Crippen molar-refractivity contribution >= 4 is 23.7 Å². The third-order valence-electron chi connectivity index (χ3n) is 5.70. The maximum Gasteiger partial charge on any atom is 0.338 e. The molecule has 0 aliphatic carbocycles. The molecular formula is C26H24N2O6. The molecule has 0 saturated carbocycles. The van der Waals surface area contributed by atoms with Crippen LogP contribution in [0, 0.1) is 0 Å². The van der Waals surface area contributed by atoms with Gasteiger partial charge in [0.25, 0.3) is 17.7 Å². The molecule has 1 unspecified atom stereocenters. The lowest BCUT2D eigenvalue weighted by Crippen LogP contribution is -2.31. The van der Waals surface area contributed by atoms with E-state index in [0.717, 1.165) is 16.9 Å². The monoisotopic (exact) mass is 460 g/mol. The van der Waals surface area contributed by atoms with E-state index in [0.29, 0.717) is 5.76 Å². The number of carbonyl (C=O) groups excluding carboxylic acids is 4. The van der Waals surface area contributed by atoms with Crippen LogP contribution >= 0.6 is 0 Å². The normalized spacial score (nSPS) is 13.5. The Morgan fingerprint density at radius 1 is 1.03 bits per heavy atom. The molecule has 3 aromatic rings. The van der Waals surface area contributed by atoms with Crippen molar-refractivity contribution in [1.82, 2.24) is 10.2 Å². The van der Waals surface area contributed by atoms with Crippen molar-refractivity contribution in [3.05, 3.63) is 94.4 Å². The topological polar surface area (TPSA) is 106 Å². The van der Waals surface area contributed by atoms with Crippen molar-refractivity contribution in [2.24, 2.45) is 0 Å². The second kappa shape index (κ2) is 9.74. The zero-order valence-corrected chi connectivity index (χ0v) is 18.9. The third-order valence-corrected chi connectivity index (χ3v) is 5.70. The van der Waals surface area contributed by atoms with E-state index in [4.69, 9.17) is 9.15 Å². The highest BCUT2D eigenvalue weighted by Crippen LogP contribution is 2.26. The molecule has 0 bridgehead atoms. The van der Waals surface area contributed by atoms with E-state index in [1.165, 1.54) is 30.0 Å². The molecule has 3 amide bonds. The van der Waals surface area contributed by atoms with E-state index in [-0.39, 0.29) is 29.3 Å². The Hall–Kier alpha value is -4.20. The number of hydrogen-bond acceptors (Lipinski definition) is 6. The van der Waals surface area contributed by atoms with Crippen LogP contribution in [0.3, 0.4) is 0 Å². The molecule has 8 heteroatoms. The second-order valence-electron chi connectivity index (χ2n) is 8.00. The van der Waals surface area contributed by atoms with Crippen LogP contribution in [0.4, 0.5) is 0 Å². The number of esters is 1. The van der Waals surface area contributed by atoms with Gasteiger partial charge in [0.1, 0.15) is 5.76 Å². The second-order valence-corrected chi connectivity index (χ2v) is 8.00. The minimum Gasteiger partial charge on any atom is -0.467 e. The van der Waals surface area contributed by atoms with E-state index in [1.807, 2.05) is 31.2 Å². The van der Waals surface area contributed by atoms with E-state index in [2.05, 4.69) is 12.2 Å². The van der Waals surface area contributed by atoms with Crippen molar-refractivity contribution in [3.8, 4) is 0 Å². The fourth-order valence-corrected chi connectivity index (χ4v) is 3.74. The van der Waals surface area contributed by atoms with E-state index >= 15 is 0 Å². The van der Waals surface area contributed by atoms with Crippen LogP contribution in [0.5, 0.6) is 0 Å². The highest BCUT2D eigenvalue weighted by atomic mass is 16.5. The Kier molecular flexibility index (Phi) is 6.58. The SMILES string of the molecule is CCc1ccc(C(C)NC(=O)COC(=O)c2ccc3c(c2)C(=O)N(Cc2ccco2)C3=O)cc1. The van der Waals surface area contributed by atoms with Gasteiger partial charge in [-0.05, 0) is 54.8 Å². The highest BCUT2D eigenvalue weighted by Gasteiger charge is 2.36. The van der Waals surface area contributed by atoms with Crippen molar-refractivity contribution in [2.45, 2.75) is 32.9 Å². The minimum atomic E-state index is -0.761. The summed E-state index contributed by atoms with van der Waals surface area (Å²) >= 11 is 0. The number of carbonyl (C=O) groups is 4. The van der Waals surface area contributed by atoms with Gasteiger partial charge in [0.15, 0.2) is 6.61 Å². The number of imide groups is 1. The first-order valence-corrected chi connectivity index (χ1v) is 10.9. The minimum absolute atomic E-state index is 0.00134. The van der Waals surface area contributed by atoms with Gasteiger partial charge in [-0.2, -0.15) is 0 Å². The average molecular weight is 460 g/mol. The number of fused-ring (bicyclic) bond motifs is 1. The first-order chi connectivity index (χ1) is 16.4. The Morgan fingerprint density at radius 3 is 2.44 bits per heavy atom. The summed E-state index contributed by atoms with van der Waals surface area (Å²) < 4.78 is 10.3. The standard InChI is InChI=1S/C26H24N2O6/c1-3-17-6-8-18(9-7-17)16(2)27-23(29)15-34-26(32)19-10-11-21-22(13-19)25(31)28(24(21)30)14-20-5-4-12-33-20/h4-13,16H,3,14-15H2,1-2H3,(H,27,29). The molecule has 1 atom stereocenters. The number of nitrogens with one attached hydrogen (secondary N) is 1. The predicted octanol–water partition coefficient (Wildman–Crippen LogP) is 3.67. The molecule has 1 aromatic heterocycles. The summed E-state index contributed by atoms with van der Waals surface area (Å²) in [5, 5.41) is 2.79. The number of benzene rings is 2. The lowest BCUT2D eigenvalue weighted by atomic mass is 10.1. The van der Waals surface area contributed by atoms with Gasteiger partial charge in [-0.25, -0.2) is 4.79 Å². The Bertz CT molecular complexity index is 1230. The number of nitrogens with zero attached hydrogens (tertiary/aromatic N) is 1. The van der Waals surface area contributed by atoms with Gasteiger partial charge in [0.05, 0.1) is 35.5 Å². The van der Waals surface area contributed by atoms with Gasteiger partial charge in [0.2, 0.25) is 0 Å². The van der Waals surface area contributed by atoms with Gasteiger partial charge >= 0.3 is 5.97 Å². The molecule has 4 rings (SSSR count). The summed E-state index contributed by atoms with van der Waals surface area (Å²) in [7, 11) is 0. The Balaban J connectivity index is 1.35. The van der Waals surface area contributed by atoms with Crippen LogP contribution in [0.15, 0.2) is 65.3 Å². The fraction of sp³-hybridized carbons (Fsp3) is 0.231. The van der Waals surface area contributed by atoms with E-state index in [9.17, 15) is 19.2 Å². The number of furan rings is 1. The zero-order valence-electron chi connectivity index (χ0n) is 18.9. The summed E-state index contributed by atoms with van der Waals surface area (Å²) in [6, 6.07) is 15.1. The van der Waals surface area contributed by atoms with Gasteiger partial charge in [-0.3, -0.25) is 19.3 Å².